The van der Waals surface area contributed by atoms with Gasteiger partial charge in [0, 0.05) is 23.8 Å². The quantitative estimate of drug-likeness (QED) is 0.753. The van der Waals surface area contributed by atoms with Crippen LogP contribution in [-0.2, 0) is 11.2 Å². The second-order valence-electron chi connectivity index (χ2n) is 5.11. The Morgan fingerprint density at radius 1 is 1.29 bits per heavy atom. The van der Waals surface area contributed by atoms with Crippen molar-refractivity contribution in [1.82, 2.24) is 0 Å². The molecule has 3 rings (SSSR count). The van der Waals surface area contributed by atoms with E-state index >= 15 is 0 Å². The summed E-state index contributed by atoms with van der Waals surface area (Å²) in [6.07, 6.45) is 5.43. The number of hydrogen-bond acceptors (Lipinski definition) is 2. The maximum absolute atomic E-state index is 12.3. The van der Waals surface area contributed by atoms with Crippen LogP contribution in [-0.4, -0.2) is 12.5 Å². The van der Waals surface area contributed by atoms with E-state index in [0.29, 0.717) is 5.91 Å². The van der Waals surface area contributed by atoms with E-state index in [4.69, 9.17) is 5.73 Å². The molecule has 2 aliphatic rings. The van der Waals surface area contributed by atoms with Crippen molar-refractivity contribution in [3.63, 3.8) is 0 Å². The summed E-state index contributed by atoms with van der Waals surface area (Å²) in [5.41, 5.74) is 8.90. The molecule has 0 atom stereocenters. The number of carbonyl (C=O) groups is 1. The number of nitrogen functional groups attached to an aromatic ring is 1. The summed E-state index contributed by atoms with van der Waals surface area (Å²) in [6.45, 7) is 0.867. The third kappa shape index (κ3) is 1.79. The van der Waals surface area contributed by atoms with E-state index in [9.17, 15) is 4.79 Å². The first kappa shape index (κ1) is 10.6. The molecular weight excluding hydrogens is 212 g/mol. The second kappa shape index (κ2) is 4.06. The van der Waals surface area contributed by atoms with Crippen LogP contribution in [0.15, 0.2) is 18.2 Å². The van der Waals surface area contributed by atoms with Gasteiger partial charge < -0.3 is 10.6 Å². The SMILES string of the molecule is Nc1ccc2c(c1)CCCN2C(=O)C1CCC1. The number of anilines is 2. The van der Waals surface area contributed by atoms with E-state index in [0.717, 1.165) is 43.6 Å². The molecule has 1 saturated carbocycles. The molecule has 1 aromatic carbocycles. The summed E-state index contributed by atoms with van der Waals surface area (Å²) in [5.74, 6) is 0.598. The molecule has 3 heteroatoms. The molecular formula is C14H18N2O. The maximum atomic E-state index is 12.3. The number of hydrogen-bond donors (Lipinski definition) is 1. The Bertz CT molecular complexity index is 452. The monoisotopic (exact) mass is 230 g/mol. The van der Waals surface area contributed by atoms with E-state index < -0.39 is 0 Å². The van der Waals surface area contributed by atoms with Crippen molar-refractivity contribution in [1.29, 1.82) is 0 Å². The zero-order chi connectivity index (χ0) is 11.8. The van der Waals surface area contributed by atoms with Crippen LogP contribution in [0.2, 0.25) is 0 Å². The van der Waals surface area contributed by atoms with Gasteiger partial charge in [-0.1, -0.05) is 6.42 Å². The van der Waals surface area contributed by atoms with Gasteiger partial charge >= 0.3 is 0 Å². The zero-order valence-electron chi connectivity index (χ0n) is 9.98. The smallest absolute Gasteiger partial charge is 0.230 e. The number of benzene rings is 1. The van der Waals surface area contributed by atoms with Crippen LogP contribution in [0.5, 0.6) is 0 Å². The van der Waals surface area contributed by atoms with Gasteiger partial charge in [0.15, 0.2) is 0 Å². The van der Waals surface area contributed by atoms with E-state index in [2.05, 4.69) is 0 Å². The summed E-state index contributed by atoms with van der Waals surface area (Å²) < 4.78 is 0. The van der Waals surface area contributed by atoms with Crippen molar-refractivity contribution in [2.24, 2.45) is 5.92 Å². The van der Waals surface area contributed by atoms with Crippen LogP contribution >= 0.6 is 0 Å². The topological polar surface area (TPSA) is 46.3 Å². The Kier molecular flexibility index (Phi) is 2.54. The van der Waals surface area contributed by atoms with Crippen LogP contribution < -0.4 is 10.6 Å². The van der Waals surface area contributed by atoms with Crippen LogP contribution in [0.3, 0.4) is 0 Å². The number of rotatable bonds is 1. The fraction of sp³-hybridized carbons (Fsp3) is 0.500. The van der Waals surface area contributed by atoms with Crippen LogP contribution in [0, 0.1) is 5.92 Å². The van der Waals surface area contributed by atoms with Gasteiger partial charge in [0.05, 0.1) is 0 Å². The zero-order valence-corrected chi connectivity index (χ0v) is 9.98. The number of fused-ring (bicyclic) bond motifs is 1. The molecule has 0 spiro atoms. The molecule has 0 saturated heterocycles. The van der Waals surface area contributed by atoms with Crippen molar-refractivity contribution in [2.45, 2.75) is 32.1 Å². The van der Waals surface area contributed by atoms with Gasteiger partial charge in [0.2, 0.25) is 5.91 Å². The summed E-state index contributed by atoms with van der Waals surface area (Å²) in [4.78, 5) is 14.3. The molecule has 1 amide bonds. The molecule has 1 fully saturated rings. The molecule has 2 N–H and O–H groups in total. The molecule has 3 nitrogen and oxygen atoms in total. The number of aryl methyl sites for hydroxylation is 1. The third-order valence-electron chi connectivity index (χ3n) is 3.94. The first-order chi connectivity index (χ1) is 8.25. The van der Waals surface area contributed by atoms with Gasteiger partial charge in [-0.2, -0.15) is 0 Å². The lowest BCUT2D eigenvalue weighted by Crippen LogP contribution is -2.41. The lowest BCUT2D eigenvalue weighted by atomic mass is 9.83. The lowest BCUT2D eigenvalue weighted by Gasteiger charge is -2.35. The first-order valence-electron chi connectivity index (χ1n) is 6.45. The fourth-order valence-electron chi connectivity index (χ4n) is 2.72. The third-order valence-corrected chi connectivity index (χ3v) is 3.94. The summed E-state index contributed by atoms with van der Waals surface area (Å²) in [5, 5.41) is 0. The number of nitrogens with zero attached hydrogens (tertiary/aromatic N) is 1. The molecule has 0 aromatic heterocycles. The Hall–Kier alpha value is -1.51. The number of carbonyl (C=O) groups excluding carboxylic acids is 1. The highest BCUT2D eigenvalue weighted by atomic mass is 16.2. The van der Waals surface area contributed by atoms with Crippen LogP contribution in [0.4, 0.5) is 11.4 Å². The molecule has 1 aromatic rings. The maximum Gasteiger partial charge on any atom is 0.230 e. The van der Waals surface area contributed by atoms with Gasteiger partial charge in [0.1, 0.15) is 0 Å². The molecule has 0 bridgehead atoms. The average molecular weight is 230 g/mol. The van der Waals surface area contributed by atoms with E-state index in [-0.39, 0.29) is 5.92 Å². The molecule has 1 aliphatic heterocycles. The number of nitrogens with two attached hydrogens (primary N) is 1. The van der Waals surface area contributed by atoms with Crippen molar-refractivity contribution >= 4 is 17.3 Å². The highest BCUT2D eigenvalue weighted by Crippen LogP contribution is 2.34. The fourth-order valence-corrected chi connectivity index (χ4v) is 2.72. The highest BCUT2D eigenvalue weighted by molar-refractivity contribution is 5.96. The highest BCUT2D eigenvalue weighted by Gasteiger charge is 2.32. The van der Waals surface area contributed by atoms with Crippen molar-refractivity contribution in [2.75, 3.05) is 17.2 Å². The van der Waals surface area contributed by atoms with Gasteiger partial charge in [-0.25, -0.2) is 0 Å². The summed E-state index contributed by atoms with van der Waals surface area (Å²) in [7, 11) is 0. The van der Waals surface area contributed by atoms with E-state index in [1.54, 1.807) is 0 Å². The van der Waals surface area contributed by atoms with E-state index in [1.165, 1.54) is 12.0 Å². The van der Waals surface area contributed by atoms with Gasteiger partial charge in [-0.3, -0.25) is 4.79 Å². The molecule has 0 unspecified atom stereocenters. The minimum absolute atomic E-state index is 0.276. The van der Waals surface area contributed by atoms with Crippen molar-refractivity contribution in [3.8, 4) is 0 Å². The van der Waals surface area contributed by atoms with Gasteiger partial charge in [-0.05, 0) is 49.4 Å². The second-order valence-corrected chi connectivity index (χ2v) is 5.11. The van der Waals surface area contributed by atoms with Gasteiger partial charge in [-0.15, -0.1) is 0 Å². The van der Waals surface area contributed by atoms with Crippen molar-refractivity contribution < 1.29 is 4.79 Å². The molecule has 1 heterocycles. The van der Waals surface area contributed by atoms with Gasteiger partial charge in [0.25, 0.3) is 0 Å². The molecule has 1 aliphatic carbocycles. The minimum atomic E-state index is 0.276. The van der Waals surface area contributed by atoms with E-state index in [1.807, 2.05) is 23.1 Å². The predicted molar refractivity (Wildman–Crippen MR) is 68.9 cm³/mol. The summed E-state index contributed by atoms with van der Waals surface area (Å²) >= 11 is 0. The number of amides is 1. The Morgan fingerprint density at radius 2 is 2.12 bits per heavy atom. The average Bonchev–Trinajstić information content (AvgIpc) is 2.25. The van der Waals surface area contributed by atoms with Crippen LogP contribution in [0.25, 0.3) is 0 Å². The first-order valence-corrected chi connectivity index (χ1v) is 6.45. The predicted octanol–water partition coefficient (Wildman–Crippen LogP) is 2.35. The molecule has 17 heavy (non-hydrogen) atoms. The Labute approximate surface area is 102 Å². The summed E-state index contributed by atoms with van der Waals surface area (Å²) in [6, 6.07) is 5.90. The Morgan fingerprint density at radius 3 is 2.82 bits per heavy atom. The van der Waals surface area contributed by atoms with Crippen molar-refractivity contribution in [3.05, 3.63) is 23.8 Å². The standard InChI is InChI=1S/C14H18N2O/c15-12-6-7-13-11(9-12)5-2-8-16(13)14(17)10-3-1-4-10/h6-7,9-10H,1-5,8,15H2. The molecule has 90 valence electrons. The normalized spacial score (nSPS) is 19.6. The largest absolute Gasteiger partial charge is 0.399 e. The van der Waals surface area contributed by atoms with Crippen LogP contribution in [0.1, 0.15) is 31.2 Å². The Balaban J connectivity index is 1.90. The molecule has 0 radical (unpaired) electrons. The lowest BCUT2D eigenvalue weighted by molar-refractivity contribution is -0.124. The minimum Gasteiger partial charge on any atom is -0.399 e.